The lowest BCUT2D eigenvalue weighted by molar-refractivity contribution is -0.151. The first-order chi connectivity index (χ1) is 16.3. The molecule has 0 bridgehead atoms. The predicted molar refractivity (Wildman–Crippen MR) is 128 cm³/mol. The van der Waals surface area contributed by atoms with Crippen molar-refractivity contribution in [2.75, 3.05) is 6.61 Å². The third-order valence-electron chi connectivity index (χ3n) is 6.61. The van der Waals surface area contributed by atoms with Gasteiger partial charge in [0.25, 0.3) is 0 Å². The van der Waals surface area contributed by atoms with Crippen molar-refractivity contribution in [1.82, 2.24) is 10.2 Å². The lowest BCUT2D eigenvalue weighted by atomic mass is 9.98. The van der Waals surface area contributed by atoms with Gasteiger partial charge >= 0.3 is 12.1 Å². The summed E-state index contributed by atoms with van der Waals surface area (Å²) < 4.78 is 5.63. The summed E-state index contributed by atoms with van der Waals surface area (Å²) in [6.45, 7) is 5.59. The van der Waals surface area contributed by atoms with Crippen LogP contribution in [-0.2, 0) is 14.3 Å². The molecule has 1 fully saturated rings. The van der Waals surface area contributed by atoms with Crippen LogP contribution in [0.1, 0.15) is 57.1 Å². The molecule has 1 unspecified atom stereocenters. The summed E-state index contributed by atoms with van der Waals surface area (Å²) in [6, 6.07) is 14.3. The maximum Gasteiger partial charge on any atom is 0.407 e. The number of carbonyl (C=O) groups is 3. The van der Waals surface area contributed by atoms with Crippen molar-refractivity contribution in [3.63, 3.8) is 0 Å². The van der Waals surface area contributed by atoms with Crippen LogP contribution in [0.3, 0.4) is 0 Å². The highest BCUT2D eigenvalue weighted by atomic mass is 16.5. The van der Waals surface area contributed by atoms with Crippen LogP contribution < -0.4 is 5.32 Å². The van der Waals surface area contributed by atoms with E-state index in [0.717, 1.165) is 35.1 Å². The second-order valence-electron chi connectivity index (χ2n) is 9.64. The van der Waals surface area contributed by atoms with Gasteiger partial charge in [0, 0.05) is 12.0 Å². The summed E-state index contributed by atoms with van der Waals surface area (Å²) in [5.74, 6) is -1.36. The van der Waals surface area contributed by atoms with E-state index >= 15 is 0 Å². The molecule has 0 aromatic heterocycles. The number of ether oxygens (including phenoxy) is 1. The largest absolute Gasteiger partial charge is 0.480 e. The number of alkyl carbamates (subject to hydrolysis) is 1. The van der Waals surface area contributed by atoms with E-state index in [2.05, 4.69) is 17.4 Å². The number of amides is 2. The van der Waals surface area contributed by atoms with E-state index in [1.54, 1.807) is 0 Å². The van der Waals surface area contributed by atoms with E-state index in [9.17, 15) is 19.5 Å². The van der Waals surface area contributed by atoms with Gasteiger partial charge in [-0.05, 0) is 54.4 Å². The number of nitrogens with one attached hydrogen (secondary N) is 1. The Kier molecular flexibility index (Phi) is 6.91. The number of aliphatic carboxylic acids is 1. The SMILES string of the molecule is CC(C)C[C@H](NC(=O)OCC1c2ccccc2-c2ccccc21)C(=O)N(C1CC1)C(C)C(=O)O. The van der Waals surface area contributed by atoms with Crippen LogP contribution in [0.4, 0.5) is 4.79 Å². The average Bonchev–Trinajstić information content (AvgIpc) is 3.59. The van der Waals surface area contributed by atoms with E-state index < -0.39 is 24.1 Å². The number of hydrogen-bond donors (Lipinski definition) is 2. The minimum Gasteiger partial charge on any atom is -0.480 e. The summed E-state index contributed by atoms with van der Waals surface area (Å²) in [5, 5.41) is 12.2. The number of carboxylic acids is 1. The molecule has 7 nitrogen and oxygen atoms in total. The Morgan fingerprint density at radius 2 is 1.56 bits per heavy atom. The smallest absolute Gasteiger partial charge is 0.407 e. The van der Waals surface area contributed by atoms with Crippen molar-refractivity contribution in [1.29, 1.82) is 0 Å². The molecule has 4 rings (SSSR count). The predicted octanol–water partition coefficient (Wildman–Crippen LogP) is 4.40. The van der Waals surface area contributed by atoms with Crippen LogP contribution in [0.25, 0.3) is 11.1 Å². The first-order valence-electron chi connectivity index (χ1n) is 11.9. The first kappa shape index (κ1) is 23.8. The molecular weight excluding hydrogens is 432 g/mol. The molecule has 2 atom stereocenters. The van der Waals surface area contributed by atoms with Gasteiger partial charge in [0.1, 0.15) is 18.7 Å². The highest BCUT2D eigenvalue weighted by Gasteiger charge is 2.41. The van der Waals surface area contributed by atoms with Gasteiger partial charge in [-0.3, -0.25) is 4.79 Å². The molecule has 1 saturated carbocycles. The standard InChI is InChI=1S/C27H32N2O5/c1-16(2)14-24(25(30)29(18-12-13-18)17(3)26(31)32)28-27(33)34-15-23-21-10-6-4-8-19(21)20-9-5-7-11-22(20)23/h4-11,16-18,23-24H,12-15H2,1-3H3,(H,28,33)(H,31,32)/t17?,24-/m0/s1. The number of benzene rings is 2. The van der Waals surface area contributed by atoms with Gasteiger partial charge in [-0.25, -0.2) is 9.59 Å². The van der Waals surface area contributed by atoms with Crippen molar-refractivity contribution in [3.05, 3.63) is 59.7 Å². The molecule has 0 radical (unpaired) electrons. The highest BCUT2D eigenvalue weighted by molar-refractivity contribution is 5.89. The van der Waals surface area contributed by atoms with Crippen LogP contribution in [-0.4, -0.2) is 52.7 Å². The summed E-state index contributed by atoms with van der Waals surface area (Å²) in [7, 11) is 0. The monoisotopic (exact) mass is 464 g/mol. The molecular formula is C27H32N2O5. The molecule has 2 aliphatic rings. The third kappa shape index (κ3) is 4.93. The maximum absolute atomic E-state index is 13.3. The zero-order chi connectivity index (χ0) is 24.4. The number of fused-ring (bicyclic) bond motifs is 3. The lowest BCUT2D eigenvalue weighted by Gasteiger charge is -2.31. The molecule has 2 aromatic rings. The molecule has 2 aromatic carbocycles. The summed E-state index contributed by atoms with van der Waals surface area (Å²) in [6.07, 6.45) is 1.30. The Balaban J connectivity index is 1.46. The zero-order valence-electron chi connectivity index (χ0n) is 19.9. The van der Waals surface area contributed by atoms with E-state index in [1.807, 2.05) is 50.2 Å². The quantitative estimate of drug-likeness (QED) is 0.573. The molecule has 0 aliphatic heterocycles. The van der Waals surface area contributed by atoms with Gasteiger partial charge in [-0.1, -0.05) is 62.4 Å². The van der Waals surface area contributed by atoms with Crippen molar-refractivity contribution in [2.24, 2.45) is 5.92 Å². The van der Waals surface area contributed by atoms with Crippen molar-refractivity contribution in [3.8, 4) is 11.1 Å². The Morgan fingerprint density at radius 1 is 1.00 bits per heavy atom. The van der Waals surface area contributed by atoms with Gasteiger partial charge in [0.15, 0.2) is 0 Å². The van der Waals surface area contributed by atoms with Gasteiger partial charge in [-0.15, -0.1) is 0 Å². The Labute approximate surface area is 200 Å². The summed E-state index contributed by atoms with van der Waals surface area (Å²) in [5.41, 5.74) is 4.51. The number of nitrogens with zero attached hydrogens (tertiary/aromatic N) is 1. The van der Waals surface area contributed by atoms with Gasteiger partial charge in [0.05, 0.1) is 0 Å². The fourth-order valence-electron chi connectivity index (χ4n) is 4.81. The van der Waals surface area contributed by atoms with E-state index in [-0.39, 0.29) is 30.4 Å². The number of carboxylic acid groups (broad SMARTS) is 1. The van der Waals surface area contributed by atoms with Gasteiger partial charge < -0.3 is 20.1 Å². The number of carbonyl (C=O) groups excluding carboxylic acids is 2. The fourth-order valence-corrected chi connectivity index (χ4v) is 4.81. The second kappa shape index (κ2) is 9.87. The van der Waals surface area contributed by atoms with Gasteiger partial charge in [-0.2, -0.15) is 0 Å². The van der Waals surface area contributed by atoms with Crippen molar-refractivity contribution in [2.45, 2.75) is 64.1 Å². The molecule has 0 heterocycles. The van der Waals surface area contributed by atoms with Crippen molar-refractivity contribution < 1.29 is 24.2 Å². The van der Waals surface area contributed by atoms with Crippen LogP contribution in [0.5, 0.6) is 0 Å². The molecule has 2 amide bonds. The topological polar surface area (TPSA) is 95.9 Å². The first-order valence-corrected chi connectivity index (χ1v) is 11.9. The fraction of sp³-hybridized carbons (Fsp3) is 0.444. The Morgan fingerprint density at radius 3 is 2.06 bits per heavy atom. The molecule has 180 valence electrons. The molecule has 7 heteroatoms. The maximum atomic E-state index is 13.3. The molecule has 2 aliphatic carbocycles. The lowest BCUT2D eigenvalue weighted by Crippen LogP contribution is -2.54. The van der Waals surface area contributed by atoms with Crippen molar-refractivity contribution >= 4 is 18.0 Å². The highest BCUT2D eigenvalue weighted by Crippen LogP contribution is 2.44. The Hall–Kier alpha value is -3.35. The average molecular weight is 465 g/mol. The minimum absolute atomic E-state index is 0.0765. The van der Waals surface area contributed by atoms with Crippen LogP contribution >= 0.6 is 0 Å². The van der Waals surface area contributed by atoms with Crippen LogP contribution in [0.15, 0.2) is 48.5 Å². The van der Waals surface area contributed by atoms with E-state index in [0.29, 0.717) is 6.42 Å². The Bertz CT molecular complexity index is 1030. The van der Waals surface area contributed by atoms with E-state index in [4.69, 9.17) is 4.74 Å². The van der Waals surface area contributed by atoms with Crippen LogP contribution in [0, 0.1) is 5.92 Å². The number of rotatable bonds is 9. The molecule has 2 N–H and O–H groups in total. The number of hydrogen-bond acceptors (Lipinski definition) is 4. The normalized spacial score (nSPS) is 16.4. The van der Waals surface area contributed by atoms with Gasteiger partial charge in [0.2, 0.25) is 5.91 Å². The zero-order valence-corrected chi connectivity index (χ0v) is 19.9. The summed E-state index contributed by atoms with van der Waals surface area (Å²) >= 11 is 0. The molecule has 0 spiro atoms. The molecule has 34 heavy (non-hydrogen) atoms. The minimum atomic E-state index is -1.05. The summed E-state index contributed by atoms with van der Waals surface area (Å²) in [4.78, 5) is 39.1. The molecule has 0 saturated heterocycles. The second-order valence-corrected chi connectivity index (χ2v) is 9.64. The third-order valence-corrected chi connectivity index (χ3v) is 6.61. The van der Waals surface area contributed by atoms with E-state index in [1.165, 1.54) is 11.8 Å². The van der Waals surface area contributed by atoms with Crippen LogP contribution in [0.2, 0.25) is 0 Å².